The van der Waals surface area contributed by atoms with Crippen molar-refractivity contribution in [3.8, 4) is 0 Å². The van der Waals surface area contributed by atoms with E-state index in [4.69, 9.17) is 11.6 Å². The maximum atomic E-state index is 13.3. The molecule has 0 saturated heterocycles. The lowest BCUT2D eigenvalue weighted by Gasteiger charge is -2.38. The molecule has 3 aromatic carbocycles. The molecule has 0 saturated carbocycles. The number of nitrogens with one attached hydrogen (secondary N) is 2. The van der Waals surface area contributed by atoms with E-state index in [0.29, 0.717) is 16.3 Å². The van der Waals surface area contributed by atoms with Gasteiger partial charge in [0.05, 0.1) is 21.5 Å². The summed E-state index contributed by atoms with van der Waals surface area (Å²) < 4.78 is 29.3. The van der Waals surface area contributed by atoms with Gasteiger partial charge in [0.15, 0.2) is 0 Å². The molecule has 2 aliphatic rings. The van der Waals surface area contributed by atoms with E-state index in [9.17, 15) is 18.5 Å². The van der Waals surface area contributed by atoms with Crippen LogP contribution in [0.1, 0.15) is 40.6 Å². The third-order valence-electron chi connectivity index (χ3n) is 6.89. The van der Waals surface area contributed by atoms with Crippen LogP contribution in [0.5, 0.6) is 0 Å². The van der Waals surface area contributed by atoms with Gasteiger partial charge in [-0.2, -0.15) is 0 Å². The molecule has 0 unspecified atom stereocenters. The second-order valence-electron chi connectivity index (χ2n) is 9.06. The Balaban J connectivity index is 1.52. The van der Waals surface area contributed by atoms with Crippen LogP contribution in [-0.4, -0.2) is 13.3 Å². The topological polar surface area (TPSA) is 101 Å². The van der Waals surface area contributed by atoms with Gasteiger partial charge in [0.2, 0.25) is 0 Å². The molecular formula is C26H24ClN3O4S. The van der Waals surface area contributed by atoms with Crippen LogP contribution in [0.15, 0.2) is 71.6 Å². The molecule has 1 aliphatic carbocycles. The molecule has 5 rings (SSSR count). The number of nitro groups is 1. The van der Waals surface area contributed by atoms with Crippen molar-refractivity contribution in [3.63, 3.8) is 0 Å². The van der Waals surface area contributed by atoms with Crippen LogP contribution in [0.4, 0.5) is 17.1 Å². The van der Waals surface area contributed by atoms with Gasteiger partial charge in [0, 0.05) is 34.3 Å². The molecule has 0 aromatic heterocycles. The van der Waals surface area contributed by atoms with E-state index >= 15 is 0 Å². The molecular weight excluding hydrogens is 486 g/mol. The predicted octanol–water partition coefficient (Wildman–Crippen LogP) is 6.49. The van der Waals surface area contributed by atoms with Gasteiger partial charge >= 0.3 is 0 Å². The fourth-order valence-electron chi connectivity index (χ4n) is 5.10. The highest BCUT2D eigenvalue weighted by Crippen LogP contribution is 2.51. The number of benzene rings is 3. The molecule has 7 nitrogen and oxygen atoms in total. The van der Waals surface area contributed by atoms with Crippen molar-refractivity contribution in [1.29, 1.82) is 0 Å². The number of non-ortho nitro benzene ring substituents is 1. The molecule has 3 atom stereocenters. The molecule has 1 heterocycles. The Morgan fingerprint density at radius 1 is 1.06 bits per heavy atom. The minimum atomic E-state index is -3.81. The molecule has 0 amide bonds. The number of para-hydroxylation sites is 1. The summed E-state index contributed by atoms with van der Waals surface area (Å²) in [6.07, 6.45) is 4.90. The molecule has 0 fully saturated rings. The van der Waals surface area contributed by atoms with Gasteiger partial charge in [-0.1, -0.05) is 42.0 Å². The molecule has 180 valence electrons. The summed E-state index contributed by atoms with van der Waals surface area (Å²) in [5.41, 5.74) is 4.61. The zero-order valence-corrected chi connectivity index (χ0v) is 20.7. The molecule has 0 spiro atoms. The van der Waals surface area contributed by atoms with Crippen LogP contribution >= 0.6 is 11.6 Å². The summed E-state index contributed by atoms with van der Waals surface area (Å²) in [7, 11) is -3.81. The van der Waals surface area contributed by atoms with Crippen LogP contribution in [0, 0.1) is 29.9 Å². The Morgan fingerprint density at radius 3 is 2.51 bits per heavy atom. The van der Waals surface area contributed by atoms with Crippen molar-refractivity contribution in [3.05, 3.63) is 104 Å². The maximum absolute atomic E-state index is 13.3. The standard InChI is InChI=1S/C26H24ClN3O4S/c1-15-5-3-6-16(2)25(15)29-35(33,34)18-10-12-24-21(14-18)19-7-4-8-20(19)26(28-24)22-13-17(30(31)32)9-11-23(22)27/h3-7,9-14,19-20,26,28-29H,8H2,1-2H3/t19-,20+,26-/m0/s1. The quantitative estimate of drug-likeness (QED) is 0.232. The number of allylic oxidation sites excluding steroid dienone is 2. The molecule has 35 heavy (non-hydrogen) atoms. The van der Waals surface area contributed by atoms with Gasteiger partial charge in [-0.3, -0.25) is 14.8 Å². The summed E-state index contributed by atoms with van der Waals surface area (Å²) in [5, 5.41) is 15.3. The number of sulfonamides is 1. The lowest BCUT2D eigenvalue weighted by Crippen LogP contribution is -2.29. The monoisotopic (exact) mass is 509 g/mol. The third-order valence-corrected chi connectivity index (χ3v) is 8.58. The summed E-state index contributed by atoms with van der Waals surface area (Å²) in [4.78, 5) is 11.1. The number of nitro benzene ring substituents is 1. The maximum Gasteiger partial charge on any atom is 0.269 e. The van der Waals surface area contributed by atoms with Gasteiger partial charge in [-0.05, 0) is 67.1 Å². The number of nitrogens with zero attached hydrogens (tertiary/aromatic N) is 1. The lowest BCUT2D eigenvalue weighted by molar-refractivity contribution is -0.384. The van der Waals surface area contributed by atoms with Gasteiger partial charge in [-0.15, -0.1) is 0 Å². The SMILES string of the molecule is Cc1cccc(C)c1NS(=O)(=O)c1ccc2c(c1)[C@H]1C=CC[C@H]1[C@@H](c1cc([N+](=O)[O-])ccc1Cl)N2. The second kappa shape index (κ2) is 8.70. The number of rotatable bonds is 5. The summed E-state index contributed by atoms with van der Waals surface area (Å²) in [5.74, 6) is 0.00783. The molecule has 0 bridgehead atoms. The van der Waals surface area contributed by atoms with Crippen LogP contribution in [0.3, 0.4) is 0 Å². The molecule has 9 heteroatoms. The van der Waals surface area contributed by atoms with Crippen molar-refractivity contribution < 1.29 is 13.3 Å². The van der Waals surface area contributed by atoms with Crippen molar-refractivity contribution in [2.45, 2.75) is 37.1 Å². The first-order valence-electron chi connectivity index (χ1n) is 11.3. The molecule has 2 N–H and O–H groups in total. The Bertz CT molecular complexity index is 1470. The average Bonchev–Trinajstić information content (AvgIpc) is 3.31. The first kappa shape index (κ1) is 23.4. The van der Waals surface area contributed by atoms with Crippen LogP contribution < -0.4 is 10.0 Å². The van der Waals surface area contributed by atoms with Crippen molar-refractivity contribution in [2.24, 2.45) is 5.92 Å². The highest BCUT2D eigenvalue weighted by molar-refractivity contribution is 7.92. The van der Waals surface area contributed by atoms with E-state index in [1.807, 2.05) is 32.0 Å². The minimum Gasteiger partial charge on any atom is -0.378 e. The minimum absolute atomic E-state index is 0.0153. The zero-order valence-electron chi connectivity index (χ0n) is 19.2. The lowest BCUT2D eigenvalue weighted by atomic mass is 9.77. The highest BCUT2D eigenvalue weighted by Gasteiger charge is 2.39. The van der Waals surface area contributed by atoms with Crippen LogP contribution in [0.2, 0.25) is 5.02 Å². The summed E-state index contributed by atoms with van der Waals surface area (Å²) >= 11 is 6.47. The first-order valence-corrected chi connectivity index (χ1v) is 13.1. The van der Waals surface area contributed by atoms with E-state index in [0.717, 1.165) is 28.8 Å². The Labute approximate surface area is 209 Å². The highest BCUT2D eigenvalue weighted by atomic mass is 35.5. The fourth-order valence-corrected chi connectivity index (χ4v) is 6.57. The van der Waals surface area contributed by atoms with Crippen LogP contribution in [0.25, 0.3) is 0 Å². The number of hydrogen-bond donors (Lipinski definition) is 2. The van der Waals surface area contributed by atoms with Crippen LogP contribution in [-0.2, 0) is 10.0 Å². The Kier molecular flexibility index (Phi) is 5.81. The normalized spacial score (nSPS) is 20.6. The number of anilines is 2. The smallest absolute Gasteiger partial charge is 0.269 e. The van der Waals surface area contributed by atoms with E-state index in [1.54, 1.807) is 24.3 Å². The average molecular weight is 510 g/mol. The summed E-state index contributed by atoms with van der Waals surface area (Å²) in [6, 6.07) is 14.9. The number of hydrogen-bond acceptors (Lipinski definition) is 5. The van der Waals surface area contributed by atoms with Gasteiger partial charge < -0.3 is 5.32 Å². The second-order valence-corrected chi connectivity index (χ2v) is 11.1. The van der Waals surface area contributed by atoms with Gasteiger partial charge in [-0.25, -0.2) is 8.42 Å². The molecule has 3 aromatic rings. The zero-order chi connectivity index (χ0) is 24.9. The predicted molar refractivity (Wildman–Crippen MR) is 138 cm³/mol. The number of halogens is 1. The Hall–Kier alpha value is -3.36. The Morgan fingerprint density at radius 2 is 1.80 bits per heavy atom. The van der Waals surface area contributed by atoms with E-state index in [2.05, 4.69) is 22.2 Å². The third kappa shape index (κ3) is 4.17. The number of aryl methyl sites for hydroxylation is 2. The first-order chi connectivity index (χ1) is 16.7. The van der Waals surface area contributed by atoms with Gasteiger partial charge in [0.1, 0.15) is 0 Å². The molecule has 1 aliphatic heterocycles. The van der Waals surface area contributed by atoms with Gasteiger partial charge in [0.25, 0.3) is 15.7 Å². The van der Waals surface area contributed by atoms with Crippen molar-refractivity contribution in [1.82, 2.24) is 0 Å². The van der Waals surface area contributed by atoms with Crippen molar-refractivity contribution in [2.75, 3.05) is 10.0 Å². The number of fused-ring (bicyclic) bond motifs is 3. The fraction of sp³-hybridized carbons (Fsp3) is 0.231. The van der Waals surface area contributed by atoms with Crippen molar-refractivity contribution >= 4 is 38.7 Å². The van der Waals surface area contributed by atoms with E-state index < -0.39 is 14.9 Å². The van der Waals surface area contributed by atoms with E-state index in [-0.39, 0.29) is 28.5 Å². The largest absolute Gasteiger partial charge is 0.378 e. The molecule has 0 radical (unpaired) electrons. The summed E-state index contributed by atoms with van der Waals surface area (Å²) in [6.45, 7) is 3.74. The van der Waals surface area contributed by atoms with E-state index in [1.165, 1.54) is 12.1 Å².